The van der Waals surface area contributed by atoms with E-state index < -0.39 is 0 Å². The monoisotopic (exact) mass is 213 g/mol. The molecule has 0 N–H and O–H groups in total. The van der Waals surface area contributed by atoms with Crippen molar-refractivity contribution >= 4 is 12.1 Å². The van der Waals surface area contributed by atoms with Gasteiger partial charge in [0, 0.05) is 6.04 Å². The molecular weight excluding hydrogens is 198 g/mol. The van der Waals surface area contributed by atoms with Crippen molar-refractivity contribution in [3.8, 4) is 0 Å². The minimum Gasteiger partial charge on any atom is -0.469 e. The van der Waals surface area contributed by atoms with Crippen LogP contribution in [0.5, 0.6) is 0 Å². The van der Waals surface area contributed by atoms with E-state index in [-0.39, 0.29) is 36.7 Å². The average Bonchev–Trinajstić information content (AvgIpc) is 2.39. The van der Waals surface area contributed by atoms with Gasteiger partial charge in [0.2, 0.25) is 0 Å². The Bertz CT molecular complexity index is 291. The maximum atomic E-state index is 11.5. The molecule has 1 amide bonds. The van der Waals surface area contributed by atoms with Gasteiger partial charge in [0.15, 0.2) is 0 Å². The lowest BCUT2D eigenvalue weighted by atomic mass is 9.94. The summed E-state index contributed by atoms with van der Waals surface area (Å²) in [4.78, 5) is 24.3. The van der Waals surface area contributed by atoms with Gasteiger partial charge >= 0.3 is 12.1 Å². The van der Waals surface area contributed by atoms with E-state index in [9.17, 15) is 9.59 Å². The molecule has 0 aromatic heterocycles. The Morgan fingerprint density at radius 1 is 1.60 bits per heavy atom. The molecule has 2 aliphatic rings. The lowest BCUT2D eigenvalue weighted by molar-refractivity contribution is -0.142. The second kappa shape index (κ2) is 3.72. The quantitative estimate of drug-likeness (QED) is 0.640. The van der Waals surface area contributed by atoms with Gasteiger partial charge in [0.05, 0.1) is 19.6 Å². The second-order valence-electron chi connectivity index (χ2n) is 4.08. The van der Waals surface area contributed by atoms with Crippen LogP contribution in [0.2, 0.25) is 0 Å². The van der Waals surface area contributed by atoms with Gasteiger partial charge in [-0.05, 0) is 19.8 Å². The molecule has 3 atom stereocenters. The first kappa shape index (κ1) is 10.3. The molecule has 1 unspecified atom stereocenters. The maximum absolute atomic E-state index is 11.5. The van der Waals surface area contributed by atoms with Crippen molar-refractivity contribution in [3.63, 3.8) is 0 Å². The number of piperidine rings is 1. The van der Waals surface area contributed by atoms with Crippen LogP contribution in [0.4, 0.5) is 4.79 Å². The van der Waals surface area contributed by atoms with Gasteiger partial charge in [-0.2, -0.15) is 0 Å². The van der Waals surface area contributed by atoms with Gasteiger partial charge < -0.3 is 9.47 Å². The number of esters is 1. The van der Waals surface area contributed by atoms with Crippen molar-refractivity contribution in [2.75, 3.05) is 7.11 Å². The number of carbonyl (C=O) groups is 2. The number of hydrogen-bond acceptors (Lipinski definition) is 4. The zero-order valence-corrected chi connectivity index (χ0v) is 8.93. The number of nitrogens with zero attached hydrogens (tertiary/aromatic N) is 1. The highest BCUT2D eigenvalue weighted by Gasteiger charge is 2.46. The smallest absolute Gasteiger partial charge is 0.410 e. The molecule has 2 rings (SSSR count). The second-order valence-corrected chi connectivity index (χ2v) is 4.08. The van der Waals surface area contributed by atoms with Crippen LogP contribution >= 0.6 is 0 Å². The SMILES string of the molecule is COC(=O)C[C@@H]1CC[C@@H]2OC(=O)N1C2C. The molecule has 5 heteroatoms. The van der Waals surface area contributed by atoms with E-state index in [4.69, 9.17) is 4.74 Å². The Labute approximate surface area is 88.3 Å². The number of hydrogen-bond donors (Lipinski definition) is 0. The summed E-state index contributed by atoms with van der Waals surface area (Å²) in [6, 6.07) is 0.0274. The summed E-state index contributed by atoms with van der Waals surface area (Å²) < 4.78 is 9.79. The van der Waals surface area contributed by atoms with Crippen LogP contribution in [-0.2, 0) is 14.3 Å². The third-order valence-corrected chi connectivity index (χ3v) is 3.25. The van der Waals surface area contributed by atoms with Crippen molar-refractivity contribution in [2.24, 2.45) is 0 Å². The molecule has 0 aromatic rings. The van der Waals surface area contributed by atoms with Crippen molar-refractivity contribution in [3.05, 3.63) is 0 Å². The van der Waals surface area contributed by atoms with E-state index in [1.165, 1.54) is 7.11 Å². The molecule has 2 bridgehead atoms. The normalized spacial score (nSPS) is 33.9. The summed E-state index contributed by atoms with van der Waals surface area (Å²) in [5.41, 5.74) is 0. The number of fused-ring (bicyclic) bond motifs is 2. The molecule has 2 fully saturated rings. The number of ether oxygens (including phenoxy) is 2. The number of methoxy groups -OCH3 is 1. The molecule has 0 saturated carbocycles. The molecule has 84 valence electrons. The summed E-state index contributed by atoms with van der Waals surface area (Å²) >= 11 is 0. The molecule has 2 heterocycles. The Balaban J connectivity index is 2.07. The Hall–Kier alpha value is -1.26. The molecule has 15 heavy (non-hydrogen) atoms. The molecule has 0 spiro atoms. The van der Waals surface area contributed by atoms with E-state index in [2.05, 4.69) is 4.74 Å². The van der Waals surface area contributed by atoms with Crippen molar-refractivity contribution < 1.29 is 19.1 Å². The molecule has 2 aliphatic heterocycles. The van der Waals surface area contributed by atoms with Gasteiger partial charge in [0.25, 0.3) is 0 Å². The van der Waals surface area contributed by atoms with Crippen LogP contribution in [-0.4, -0.2) is 42.3 Å². The first-order valence-corrected chi connectivity index (χ1v) is 5.19. The zero-order valence-electron chi connectivity index (χ0n) is 8.93. The van der Waals surface area contributed by atoms with E-state index in [0.717, 1.165) is 12.8 Å². The summed E-state index contributed by atoms with van der Waals surface area (Å²) in [7, 11) is 1.36. The fraction of sp³-hybridized carbons (Fsp3) is 0.800. The van der Waals surface area contributed by atoms with Gasteiger partial charge in [-0.3, -0.25) is 9.69 Å². The van der Waals surface area contributed by atoms with Gasteiger partial charge in [0.1, 0.15) is 6.10 Å². The van der Waals surface area contributed by atoms with Crippen LogP contribution in [0.1, 0.15) is 26.2 Å². The Kier molecular flexibility index (Phi) is 2.54. The fourth-order valence-electron chi connectivity index (χ4n) is 2.39. The predicted molar refractivity (Wildman–Crippen MR) is 51.2 cm³/mol. The molecular formula is C10H15NO4. The standard InChI is InChI=1S/C10H15NO4/c1-6-8-4-3-7(5-9(12)14-2)11(6)10(13)15-8/h6-8H,3-5H2,1-2H3/t6?,7-,8-/m0/s1. The fourth-order valence-corrected chi connectivity index (χ4v) is 2.39. The summed E-state index contributed by atoms with van der Waals surface area (Å²) in [6.07, 6.45) is 1.63. The minimum absolute atomic E-state index is 0.00592. The largest absolute Gasteiger partial charge is 0.469 e. The average molecular weight is 213 g/mol. The van der Waals surface area contributed by atoms with Crippen molar-refractivity contribution in [2.45, 2.75) is 44.4 Å². The van der Waals surface area contributed by atoms with Crippen LogP contribution < -0.4 is 0 Å². The van der Waals surface area contributed by atoms with Gasteiger partial charge in [-0.25, -0.2) is 4.79 Å². The maximum Gasteiger partial charge on any atom is 0.410 e. The van der Waals surface area contributed by atoms with Gasteiger partial charge in [-0.15, -0.1) is 0 Å². The van der Waals surface area contributed by atoms with Crippen molar-refractivity contribution in [1.82, 2.24) is 4.90 Å². The Morgan fingerprint density at radius 2 is 2.33 bits per heavy atom. The highest BCUT2D eigenvalue weighted by atomic mass is 16.6. The zero-order chi connectivity index (χ0) is 11.0. The highest BCUT2D eigenvalue weighted by Crippen LogP contribution is 2.33. The number of rotatable bonds is 2. The number of amides is 1. The van der Waals surface area contributed by atoms with Crippen LogP contribution in [0.15, 0.2) is 0 Å². The summed E-state index contributed by atoms with van der Waals surface area (Å²) in [5, 5.41) is 0. The molecule has 0 aromatic carbocycles. The third-order valence-electron chi connectivity index (χ3n) is 3.25. The molecule has 2 saturated heterocycles. The van der Waals surface area contributed by atoms with Crippen LogP contribution in [0.25, 0.3) is 0 Å². The summed E-state index contributed by atoms with van der Waals surface area (Å²) in [5.74, 6) is -0.273. The summed E-state index contributed by atoms with van der Waals surface area (Å²) in [6.45, 7) is 1.96. The topological polar surface area (TPSA) is 55.8 Å². The molecule has 5 nitrogen and oxygen atoms in total. The van der Waals surface area contributed by atoms with Crippen molar-refractivity contribution in [1.29, 1.82) is 0 Å². The Morgan fingerprint density at radius 3 is 3.00 bits per heavy atom. The van der Waals surface area contributed by atoms with E-state index in [0.29, 0.717) is 0 Å². The van der Waals surface area contributed by atoms with Crippen LogP contribution in [0, 0.1) is 0 Å². The number of carbonyl (C=O) groups excluding carboxylic acids is 2. The molecule has 0 radical (unpaired) electrons. The van der Waals surface area contributed by atoms with E-state index >= 15 is 0 Å². The first-order valence-electron chi connectivity index (χ1n) is 5.19. The van der Waals surface area contributed by atoms with E-state index in [1.807, 2.05) is 6.92 Å². The lowest BCUT2D eigenvalue weighted by Gasteiger charge is -2.33. The third kappa shape index (κ3) is 1.66. The lowest BCUT2D eigenvalue weighted by Crippen LogP contribution is -2.47. The first-order chi connectivity index (χ1) is 7.13. The van der Waals surface area contributed by atoms with Gasteiger partial charge in [-0.1, -0.05) is 0 Å². The molecule has 0 aliphatic carbocycles. The highest BCUT2D eigenvalue weighted by molar-refractivity contribution is 5.74. The predicted octanol–water partition coefficient (Wildman–Crippen LogP) is 0.921. The minimum atomic E-state index is -0.293. The van der Waals surface area contributed by atoms with Crippen LogP contribution in [0.3, 0.4) is 0 Å². The van der Waals surface area contributed by atoms with E-state index in [1.54, 1.807) is 4.90 Å².